The monoisotopic (exact) mass is 571 g/mol. The first-order valence-corrected chi connectivity index (χ1v) is 12.8. The third-order valence-corrected chi connectivity index (χ3v) is 6.38. The molecule has 2 amide bonds. The number of rotatable bonds is 8. The average molecular weight is 572 g/mol. The van der Waals surface area contributed by atoms with Gasteiger partial charge in [-0.15, -0.1) is 0 Å². The molecule has 2 N–H and O–H groups in total. The van der Waals surface area contributed by atoms with Gasteiger partial charge in [0.25, 0.3) is 11.8 Å². The summed E-state index contributed by atoms with van der Waals surface area (Å²) in [4.78, 5) is 30.3. The molecule has 0 atom stereocenters. The number of aromatic nitrogens is 1. The Morgan fingerprint density at radius 3 is 2.14 bits per heavy atom. The fourth-order valence-corrected chi connectivity index (χ4v) is 4.23. The fourth-order valence-electron chi connectivity index (χ4n) is 4.23. The molecule has 212 valence electrons. The Balaban J connectivity index is 1.40. The van der Waals surface area contributed by atoms with Crippen LogP contribution in [0.4, 0.5) is 18.9 Å². The first-order valence-electron chi connectivity index (χ1n) is 12.8. The van der Waals surface area contributed by atoms with Crippen LogP contribution >= 0.6 is 0 Å². The zero-order valence-electron chi connectivity index (χ0n) is 22.2. The van der Waals surface area contributed by atoms with Gasteiger partial charge in [0.05, 0.1) is 12.7 Å². The number of anilines is 1. The lowest BCUT2D eigenvalue weighted by molar-refractivity contribution is -0.138. The molecule has 1 aromatic heterocycles. The minimum Gasteiger partial charge on any atom is -0.497 e. The normalized spacial score (nSPS) is 11.1. The number of nitrogens with zero attached hydrogens (tertiary/aromatic N) is 1. The van der Waals surface area contributed by atoms with Crippen LogP contribution < -0.4 is 15.4 Å². The molecule has 4 aromatic carbocycles. The van der Waals surface area contributed by atoms with E-state index in [9.17, 15) is 22.8 Å². The van der Waals surface area contributed by atoms with Gasteiger partial charge in [0.1, 0.15) is 5.75 Å². The average Bonchev–Trinajstić information content (AvgIpc) is 3.46. The van der Waals surface area contributed by atoms with E-state index in [1.54, 1.807) is 72.8 Å². The molecule has 0 saturated heterocycles. The second-order valence-corrected chi connectivity index (χ2v) is 9.16. The number of carbonyl (C=O) groups excluding carboxylic acids is 2. The predicted molar refractivity (Wildman–Crippen MR) is 151 cm³/mol. The SMILES string of the molecule is COc1ccc(C(=O)Nc2ccc(-c3oc(-c4ccccc4)nc3C(=O)NCc3ccccc3C(F)(F)F)cc2)cc1. The molecule has 10 heteroatoms. The highest BCUT2D eigenvalue weighted by atomic mass is 19.4. The first kappa shape index (κ1) is 28.2. The van der Waals surface area contributed by atoms with E-state index in [2.05, 4.69) is 15.6 Å². The number of alkyl halides is 3. The third kappa shape index (κ3) is 6.33. The van der Waals surface area contributed by atoms with Crippen molar-refractivity contribution in [3.63, 3.8) is 0 Å². The molecule has 0 spiro atoms. The van der Waals surface area contributed by atoms with Crippen molar-refractivity contribution < 1.29 is 31.9 Å². The third-order valence-electron chi connectivity index (χ3n) is 6.38. The molecule has 0 aliphatic carbocycles. The van der Waals surface area contributed by atoms with Crippen molar-refractivity contribution in [3.05, 3.63) is 126 Å². The number of carbonyl (C=O) groups is 2. The maximum Gasteiger partial charge on any atom is 0.416 e. The molecule has 1 heterocycles. The summed E-state index contributed by atoms with van der Waals surface area (Å²) in [6.45, 7) is -0.363. The Hall–Kier alpha value is -5.38. The van der Waals surface area contributed by atoms with Crippen LogP contribution in [0.15, 0.2) is 108 Å². The first-order chi connectivity index (χ1) is 20.2. The zero-order chi connectivity index (χ0) is 29.7. The molecule has 7 nitrogen and oxygen atoms in total. The number of hydrogen-bond acceptors (Lipinski definition) is 5. The van der Waals surface area contributed by atoms with Crippen molar-refractivity contribution in [1.29, 1.82) is 0 Å². The number of amides is 2. The summed E-state index contributed by atoms with van der Waals surface area (Å²) in [6.07, 6.45) is -4.56. The molecule has 0 unspecified atom stereocenters. The smallest absolute Gasteiger partial charge is 0.416 e. The van der Waals surface area contributed by atoms with Crippen LogP contribution in [0.5, 0.6) is 5.75 Å². The van der Waals surface area contributed by atoms with Crippen LogP contribution in [0.2, 0.25) is 0 Å². The Kier molecular flexibility index (Phi) is 8.05. The van der Waals surface area contributed by atoms with Crippen molar-refractivity contribution in [2.45, 2.75) is 12.7 Å². The summed E-state index contributed by atoms with van der Waals surface area (Å²) in [5.41, 5.74) is 1.03. The second kappa shape index (κ2) is 12.0. The van der Waals surface area contributed by atoms with Crippen LogP contribution in [0, 0.1) is 0 Å². The maximum absolute atomic E-state index is 13.4. The van der Waals surface area contributed by atoms with E-state index in [1.165, 1.54) is 25.3 Å². The van der Waals surface area contributed by atoms with Crippen LogP contribution in [0.25, 0.3) is 22.8 Å². The summed E-state index contributed by atoms with van der Waals surface area (Å²) in [5.74, 6) is -0.102. The summed E-state index contributed by atoms with van der Waals surface area (Å²) in [6, 6.07) is 27.2. The van der Waals surface area contributed by atoms with Crippen LogP contribution in [0.1, 0.15) is 32.0 Å². The van der Waals surface area contributed by atoms with E-state index in [4.69, 9.17) is 9.15 Å². The van der Waals surface area contributed by atoms with Gasteiger partial charge < -0.3 is 19.8 Å². The highest BCUT2D eigenvalue weighted by Crippen LogP contribution is 2.33. The number of ether oxygens (including phenoxy) is 1. The van der Waals surface area contributed by atoms with Crippen molar-refractivity contribution in [2.24, 2.45) is 0 Å². The van der Waals surface area contributed by atoms with Crippen LogP contribution in [0.3, 0.4) is 0 Å². The van der Waals surface area contributed by atoms with Gasteiger partial charge in [-0.3, -0.25) is 9.59 Å². The molecule has 0 saturated carbocycles. The lowest BCUT2D eigenvalue weighted by Gasteiger charge is -2.13. The highest BCUT2D eigenvalue weighted by molar-refractivity contribution is 6.04. The van der Waals surface area contributed by atoms with Crippen LogP contribution in [-0.4, -0.2) is 23.9 Å². The highest BCUT2D eigenvalue weighted by Gasteiger charge is 2.33. The van der Waals surface area contributed by atoms with E-state index in [-0.39, 0.29) is 35.4 Å². The number of oxazole rings is 1. The molecular weight excluding hydrogens is 547 g/mol. The van der Waals surface area contributed by atoms with Crippen LogP contribution in [-0.2, 0) is 12.7 Å². The quantitative estimate of drug-likeness (QED) is 0.205. The van der Waals surface area contributed by atoms with Gasteiger partial charge in [-0.1, -0.05) is 36.4 Å². The lowest BCUT2D eigenvalue weighted by Crippen LogP contribution is -2.25. The van der Waals surface area contributed by atoms with E-state index in [1.807, 2.05) is 6.07 Å². The van der Waals surface area contributed by atoms with E-state index in [0.717, 1.165) is 6.07 Å². The topological polar surface area (TPSA) is 93.5 Å². The summed E-state index contributed by atoms with van der Waals surface area (Å²) >= 11 is 0. The lowest BCUT2D eigenvalue weighted by atomic mass is 10.1. The summed E-state index contributed by atoms with van der Waals surface area (Å²) in [7, 11) is 1.54. The number of benzene rings is 4. The Morgan fingerprint density at radius 1 is 0.810 bits per heavy atom. The predicted octanol–water partition coefficient (Wildman–Crippen LogP) is 7.22. The van der Waals surface area contributed by atoms with Crippen molar-refractivity contribution in [1.82, 2.24) is 10.3 Å². The number of nitrogens with one attached hydrogen (secondary N) is 2. The number of hydrogen-bond donors (Lipinski definition) is 2. The van der Waals surface area contributed by atoms with Gasteiger partial charge in [-0.2, -0.15) is 13.2 Å². The van der Waals surface area contributed by atoms with Gasteiger partial charge in [-0.05, 0) is 72.3 Å². The van der Waals surface area contributed by atoms with Crippen molar-refractivity contribution in [2.75, 3.05) is 12.4 Å². The number of methoxy groups -OCH3 is 1. The Bertz CT molecular complexity index is 1700. The van der Waals surface area contributed by atoms with E-state index >= 15 is 0 Å². The molecule has 0 fully saturated rings. The zero-order valence-corrected chi connectivity index (χ0v) is 22.2. The van der Waals surface area contributed by atoms with Gasteiger partial charge in [0.15, 0.2) is 11.5 Å². The molecule has 5 rings (SSSR count). The van der Waals surface area contributed by atoms with Gasteiger partial charge in [-0.25, -0.2) is 4.98 Å². The largest absolute Gasteiger partial charge is 0.497 e. The summed E-state index contributed by atoms with van der Waals surface area (Å²) in [5, 5.41) is 5.34. The second-order valence-electron chi connectivity index (χ2n) is 9.16. The van der Waals surface area contributed by atoms with E-state index in [0.29, 0.717) is 28.1 Å². The molecule has 0 bridgehead atoms. The Morgan fingerprint density at radius 2 is 1.48 bits per heavy atom. The minimum atomic E-state index is -4.56. The molecular formula is C32H24F3N3O4. The standard InChI is InChI=1S/C32H24F3N3O4/c1-41-25-17-13-21(14-18-25)29(39)37-24-15-11-20(12-16-24)28-27(38-31(42-28)22-7-3-2-4-8-22)30(40)36-19-23-9-5-6-10-26(23)32(33,34)35/h2-18H,19H2,1H3,(H,36,40)(H,37,39). The molecule has 42 heavy (non-hydrogen) atoms. The fraction of sp³-hybridized carbons (Fsp3) is 0.0938. The van der Waals surface area contributed by atoms with Gasteiger partial charge in [0.2, 0.25) is 5.89 Å². The van der Waals surface area contributed by atoms with Crippen molar-refractivity contribution in [3.8, 4) is 28.5 Å². The van der Waals surface area contributed by atoms with Crippen molar-refractivity contribution >= 4 is 17.5 Å². The van der Waals surface area contributed by atoms with Gasteiger partial charge in [0, 0.05) is 28.9 Å². The molecule has 5 aromatic rings. The minimum absolute atomic E-state index is 0.0800. The Labute approximate surface area is 239 Å². The molecule has 0 aliphatic heterocycles. The summed E-state index contributed by atoms with van der Waals surface area (Å²) < 4.78 is 51.4. The molecule has 0 radical (unpaired) electrons. The maximum atomic E-state index is 13.4. The van der Waals surface area contributed by atoms with E-state index < -0.39 is 17.6 Å². The number of halogens is 3. The van der Waals surface area contributed by atoms with Gasteiger partial charge >= 0.3 is 6.18 Å². The molecule has 0 aliphatic rings.